The molecule has 0 saturated carbocycles. The van der Waals surface area contributed by atoms with Crippen molar-refractivity contribution in [2.75, 3.05) is 18.0 Å². The minimum absolute atomic E-state index is 0.0907. The number of aromatic nitrogens is 1. The Morgan fingerprint density at radius 3 is 3.06 bits per heavy atom. The predicted octanol–water partition coefficient (Wildman–Crippen LogP) is 0.447. The number of anilines is 1. The van der Waals surface area contributed by atoms with E-state index in [1.165, 1.54) is 0 Å². The van der Waals surface area contributed by atoms with E-state index in [1.54, 1.807) is 19.2 Å². The second-order valence-electron chi connectivity index (χ2n) is 4.46. The van der Waals surface area contributed by atoms with E-state index in [2.05, 4.69) is 4.98 Å². The van der Waals surface area contributed by atoms with Gasteiger partial charge in [-0.2, -0.15) is 0 Å². The molecule has 2 rings (SSSR count). The number of carbonyl (C=O) groups excluding carboxylic acids is 1. The Kier molecular flexibility index (Phi) is 3.28. The monoisotopic (exact) mass is 235 g/mol. The highest BCUT2D eigenvalue weighted by molar-refractivity contribution is 5.78. The second-order valence-corrected chi connectivity index (χ2v) is 4.46. The standard InChI is InChI=1S/C12H17N3O2/c1-8(16)9-2-4-14-11(6-9)15-5-3-10(7-15)12(13)17/h2,4,6,8,10,16H,3,5,7H2,1H3,(H2,13,17). The number of aliphatic hydroxyl groups is 1. The SMILES string of the molecule is CC(O)c1ccnc(N2CCC(C(N)=O)C2)c1. The molecule has 0 aromatic carbocycles. The highest BCUT2D eigenvalue weighted by Crippen LogP contribution is 2.24. The molecule has 2 atom stereocenters. The van der Waals surface area contributed by atoms with E-state index < -0.39 is 6.10 Å². The van der Waals surface area contributed by atoms with Crippen molar-refractivity contribution in [3.05, 3.63) is 23.9 Å². The topological polar surface area (TPSA) is 79.5 Å². The number of rotatable bonds is 3. The number of hydrogen-bond acceptors (Lipinski definition) is 4. The molecule has 0 radical (unpaired) electrons. The van der Waals surface area contributed by atoms with Gasteiger partial charge < -0.3 is 15.7 Å². The Bertz CT molecular complexity index is 420. The summed E-state index contributed by atoms with van der Waals surface area (Å²) in [4.78, 5) is 17.4. The van der Waals surface area contributed by atoms with Gasteiger partial charge in [-0.05, 0) is 31.0 Å². The lowest BCUT2D eigenvalue weighted by molar-refractivity contribution is -0.121. The molecule has 1 amide bonds. The average molecular weight is 235 g/mol. The predicted molar refractivity (Wildman–Crippen MR) is 64.4 cm³/mol. The smallest absolute Gasteiger partial charge is 0.222 e. The summed E-state index contributed by atoms with van der Waals surface area (Å²) in [6, 6.07) is 3.64. The number of nitrogens with zero attached hydrogens (tertiary/aromatic N) is 2. The van der Waals surface area contributed by atoms with Gasteiger partial charge in [-0.25, -0.2) is 4.98 Å². The van der Waals surface area contributed by atoms with Crippen LogP contribution in [-0.4, -0.2) is 29.1 Å². The van der Waals surface area contributed by atoms with Gasteiger partial charge in [0, 0.05) is 19.3 Å². The second kappa shape index (κ2) is 4.71. The first-order valence-corrected chi connectivity index (χ1v) is 5.76. The van der Waals surface area contributed by atoms with Gasteiger partial charge in [0.25, 0.3) is 0 Å². The van der Waals surface area contributed by atoms with Crippen molar-refractivity contribution < 1.29 is 9.90 Å². The zero-order valence-corrected chi connectivity index (χ0v) is 9.84. The van der Waals surface area contributed by atoms with Gasteiger partial charge in [-0.1, -0.05) is 0 Å². The number of carbonyl (C=O) groups is 1. The zero-order chi connectivity index (χ0) is 12.4. The van der Waals surface area contributed by atoms with Crippen molar-refractivity contribution in [2.24, 2.45) is 11.7 Å². The highest BCUT2D eigenvalue weighted by atomic mass is 16.3. The molecule has 17 heavy (non-hydrogen) atoms. The fraction of sp³-hybridized carbons (Fsp3) is 0.500. The molecule has 1 aromatic heterocycles. The third-order valence-corrected chi connectivity index (χ3v) is 3.17. The summed E-state index contributed by atoms with van der Waals surface area (Å²) in [7, 11) is 0. The Morgan fingerprint density at radius 2 is 2.47 bits per heavy atom. The Hall–Kier alpha value is -1.62. The fourth-order valence-corrected chi connectivity index (χ4v) is 2.07. The molecule has 1 fully saturated rings. The van der Waals surface area contributed by atoms with E-state index in [-0.39, 0.29) is 11.8 Å². The minimum Gasteiger partial charge on any atom is -0.389 e. The lowest BCUT2D eigenvalue weighted by Crippen LogP contribution is -2.27. The number of aliphatic hydroxyl groups excluding tert-OH is 1. The van der Waals surface area contributed by atoms with Gasteiger partial charge in [0.15, 0.2) is 0 Å². The van der Waals surface area contributed by atoms with Crippen molar-refractivity contribution >= 4 is 11.7 Å². The molecule has 0 spiro atoms. The first-order valence-electron chi connectivity index (χ1n) is 5.76. The van der Waals surface area contributed by atoms with E-state index in [9.17, 15) is 9.90 Å². The van der Waals surface area contributed by atoms with E-state index in [4.69, 9.17) is 5.73 Å². The quantitative estimate of drug-likeness (QED) is 0.797. The third-order valence-electron chi connectivity index (χ3n) is 3.17. The zero-order valence-electron chi connectivity index (χ0n) is 9.84. The summed E-state index contributed by atoms with van der Waals surface area (Å²) < 4.78 is 0. The molecular formula is C12H17N3O2. The molecule has 3 N–H and O–H groups in total. The number of hydrogen-bond donors (Lipinski definition) is 2. The van der Waals surface area contributed by atoms with Gasteiger partial charge >= 0.3 is 0 Å². The van der Waals surface area contributed by atoms with Crippen LogP contribution in [0.4, 0.5) is 5.82 Å². The largest absolute Gasteiger partial charge is 0.389 e. The maximum absolute atomic E-state index is 11.1. The Balaban J connectivity index is 2.13. The minimum atomic E-state index is -0.508. The molecule has 0 bridgehead atoms. The van der Waals surface area contributed by atoms with Crippen molar-refractivity contribution in [2.45, 2.75) is 19.4 Å². The Labute approximate surface area is 100 Å². The van der Waals surface area contributed by atoms with Crippen LogP contribution in [0.15, 0.2) is 18.3 Å². The van der Waals surface area contributed by atoms with Crippen molar-refractivity contribution in [3.8, 4) is 0 Å². The molecule has 2 unspecified atom stereocenters. The highest BCUT2D eigenvalue weighted by Gasteiger charge is 2.27. The van der Waals surface area contributed by atoms with Gasteiger partial charge in [-0.15, -0.1) is 0 Å². The summed E-state index contributed by atoms with van der Waals surface area (Å²) in [5.41, 5.74) is 6.12. The van der Waals surface area contributed by atoms with Crippen molar-refractivity contribution in [1.29, 1.82) is 0 Å². The molecule has 5 nitrogen and oxygen atoms in total. The molecular weight excluding hydrogens is 218 g/mol. The molecule has 5 heteroatoms. The summed E-state index contributed by atoms with van der Waals surface area (Å²) in [5, 5.41) is 9.51. The first-order chi connectivity index (χ1) is 8.08. The van der Waals surface area contributed by atoms with Crippen LogP contribution in [0.25, 0.3) is 0 Å². The lowest BCUT2D eigenvalue weighted by atomic mass is 10.1. The number of primary amides is 1. The number of amides is 1. The van der Waals surface area contributed by atoms with E-state index in [1.807, 2.05) is 11.0 Å². The average Bonchev–Trinajstić information content (AvgIpc) is 2.78. The van der Waals surface area contributed by atoms with Crippen LogP contribution in [0, 0.1) is 5.92 Å². The van der Waals surface area contributed by atoms with Crippen molar-refractivity contribution in [3.63, 3.8) is 0 Å². The fourth-order valence-electron chi connectivity index (χ4n) is 2.07. The van der Waals surface area contributed by atoms with Gasteiger partial charge in [0.1, 0.15) is 5.82 Å². The maximum Gasteiger partial charge on any atom is 0.222 e. The summed E-state index contributed by atoms with van der Waals surface area (Å²) in [5.74, 6) is 0.457. The molecule has 1 aliphatic rings. The van der Waals surface area contributed by atoms with Crippen LogP contribution < -0.4 is 10.6 Å². The molecule has 2 heterocycles. The van der Waals surface area contributed by atoms with Gasteiger partial charge in [0.05, 0.1) is 12.0 Å². The first kappa shape index (κ1) is 11.9. The number of nitrogens with two attached hydrogens (primary N) is 1. The molecule has 1 aromatic rings. The summed E-state index contributed by atoms with van der Waals surface area (Å²) >= 11 is 0. The third kappa shape index (κ3) is 2.55. The van der Waals surface area contributed by atoms with Crippen LogP contribution in [0.1, 0.15) is 25.0 Å². The van der Waals surface area contributed by atoms with Crippen LogP contribution >= 0.6 is 0 Å². The molecule has 0 aliphatic carbocycles. The normalized spacial score (nSPS) is 21.5. The Morgan fingerprint density at radius 1 is 1.71 bits per heavy atom. The van der Waals surface area contributed by atoms with E-state index in [0.29, 0.717) is 6.54 Å². The van der Waals surface area contributed by atoms with Crippen LogP contribution in [0.5, 0.6) is 0 Å². The molecule has 92 valence electrons. The van der Waals surface area contributed by atoms with Crippen LogP contribution in [0.3, 0.4) is 0 Å². The molecule has 1 saturated heterocycles. The van der Waals surface area contributed by atoms with Gasteiger partial charge in [-0.3, -0.25) is 4.79 Å². The number of pyridine rings is 1. The summed E-state index contributed by atoms with van der Waals surface area (Å²) in [6.07, 6.45) is 1.94. The maximum atomic E-state index is 11.1. The van der Waals surface area contributed by atoms with Crippen molar-refractivity contribution in [1.82, 2.24) is 4.98 Å². The van der Waals surface area contributed by atoms with E-state index in [0.717, 1.165) is 24.3 Å². The summed E-state index contributed by atoms with van der Waals surface area (Å²) in [6.45, 7) is 3.12. The van der Waals surface area contributed by atoms with Crippen LogP contribution in [0.2, 0.25) is 0 Å². The molecule has 1 aliphatic heterocycles. The lowest BCUT2D eigenvalue weighted by Gasteiger charge is -2.18. The van der Waals surface area contributed by atoms with Crippen LogP contribution in [-0.2, 0) is 4.79 Å². The van der Waals surface area contributed by atoms with Gasteiger partial charge in [0.2, 0.25) is 5.91 Å². The van der Waals surface area contributed by atoms with E-state index >= 15 is 0 Å².